The predicted molar refractivity (Wildman–Crippen MR) is 156 cm³/mol. The maximum absolute atomic E-state index is 11.2. The van der Waals surface area contributed by atoms with E-state index in [1.165, 1.54) is 47.2 Å². The zero-order chi connectivity index (χ0) is 26.8. The average molecular weight is 525 g/mol. The minimum atomic E-state index is -0.719. The van der Waals surface area contributed by atoms with Gasteiger partial charge in [0.1, 0.15) is 5.75 Å². The number of anilines is 1. The molecule has 1 unspecified atom stereocenters. The summed E-state index contributed by atoms with van der Waals surface area (Å²) in [6, 6.07) is 26.1. The van der Waals surface area contributed by atoms with Gasteiger partial charge in [0, 0.05) is 24.7 Å². The summed E-state index contributed by atoms with van der Waals surface area (Å²) in [6.07, 6.45) is 7.83. The Morgan fingerprint density at radius 1 is 0.872 bits per heavy atom. The fourth-order valence-electron chi connectivity index (χ4n) is 7.67. The molecule has 5 heteroatoms. The van der Waals surface area contributed by atoms with Crippen LogP contribution in [0.15, 0.2) is 72.8 Å². The molecule has 0 saturated carbocycles. The number of phenols is 1. The maximum atomic E-state index is 11.2. The average Bonchev–Trinajstić information content (AvgIpc) is 3.14. The third-order valence-corrected chi connectivity index (χ3v) is 9.59. The number of fused-ring (bicyclic) bond motifs is 1. The van der Waals surface area contributed by atoms with E-state index >= 15 is 0 Å². The Balaban J connectivity index is 1.24. The largest absolute Gasteiger partial charge is 0.508 e. The van der Waals surface area contributed by atoms with Gasteiger partial charge in [0.2, 0.25) is 0 Å². The van der Waals surface area contributed by atoms with E-state index in [0.29, 0.717) is 11.7 Å². The first-order valence-corrected chi connectivity index (χ1v) is 14.7. The number of nitrogens with zero attached hydrogens (tertiary/aromatic N) is 2. The van der Waals surface area contributed by atoms with Crippen LogP contribution in [0.4, 0.5) is 5.69 Å². The number of carbonyl (C=O) groups is 1. The molecule has 3 aliphatic rings. The number of hydrogen-bond donors (Lipinski definition) is 2. The highest BCUT2D eigenvalue weighted by Gasteiger charge is 2.37. The van der Waals surface area contributed by atoms with Crippen molar-refractivity contribution < 1.29 is 15.0 Å². The molecule has 0 radical (unpaired) electrons. The molecule has 1 aliphatic carbocycles. The smallest absolute Gasteiger partial charge is 0.317 e. The lowest BCUT2D eigenvalue weighted by Gasteiger charge is -2.44. The molecule has 0 bridgehead atoms. The molecule has 3 aromatic rings. The summed E-state index contributed by atoms with van der Waals surface area (Å²) < 4.78 is 0. The highest BCUT2D eigenvalue weighted by Crippen LogP contribution is 2.47. The zero-order valence-electron chi connectivity index (χ0n) is 22.8. The maximum Gasteiger partial charge on any atom is 0.317 e. The number of rotatable bonds is 5. The number of piperidine rings is 1. The van der Waals surface area contributed by atoms with E-state index in [9.17, 15) is 15.0 Å². The number of aliphatic carboxylic acids is 1. The summed E-state index contributed by atoms with van der Waals surface area (Å²) in [7, 11) is 0. The Morgan fingerprint density at radius 2 is 1.64 bits per heavy atom. The fourth-order valence-corrected chi connectivity index (χ4v) is 7.67. The summed E-state index contributed by atoms with van der Waals surface area (Å²) >= 11 is 0. The highest BCUT2D eigenvalue weighted by molar-refractivity contribution is 5.69. The van der Waals surface area contributed by atoms with E-state index in [1.54, 1.807) is 0 Å². The number of aromatic hydroxyl groups is 1. The van der Waals surface area contributed by atoms with E-state index < -0.39 is 5.97 Å². The van der Waals surface area contributed by atoms with Crippen molar-refractivity contribution in [1.82, 2.24) is 4.90 Å². The number of carboxylic acids is 1. The van der Waals surface area contributed by atoms with Crippen LogP contribution in [0.25, 0.3) is 0 Å². The van der Waals surface area contributed by atoms with Gasteiger partial charge in [-0.3, -0.25) is 9.69 Å². The van der Waals surface area contributed by atoms with E-state index in [4.69, 9.17) is 0 Å². The van der Waals surface area contributed by atoms with E-state index in [1.807, 2.05) is 12.1 Å². The molecule has 2 aliphatic heterocycles. The molecule has 1 spiro atoms. The Kier molecular flexibility index (Phi) is 7.35. The second kappa shape index (κ2) is 11.1. The Labute approximate surface area is 232 Å². The van der Waals surface area contributed by atoms with Crippen molar-refractivity contribution in [3.8, 4) is 5.75 Å². The summed E-state index contributed by atoms with van der Waals surface area (Å²) in [5, 5.41) is 19.4. The van der Waals surface area contributed by atoms with Gasteiger partial charge in [-0.25, -0.2) is 0 Å². The molecule has 5 nitrogen and oxygen atoms in total. The van der Waals surface area contributed by atoms with Crippen LogP contribution in [0, 0.1) is 5.41 Å². The third-order valence-electron chi connectivity index (χ3n) is 9.59. The first kappa shape index (κ1) is 25.9. The van der Waals surface area contributed by atoms with Crippen LogP contribution in [0.3, 0.4) is 0 Å². The fraction of sp³-hybridized carbons (Fsp3) is 0.441. The highest BCUT2D eigenvalue weighted by atomic mass is 16.4. The molecule has 204 valence electrons. The number of likely N-dealkylation sites (tertiary alicyclic amines) is 1. The van der Waals surface area contributed by atoms with Crippen LogP contribution in [0.5, 0.6) is 5.75 Å². The molecule has 3 atom stereocenters. The normalized spacial score (nSPS) is 25.7. The summed E-state index contributed by atoms with van der Waals surface area (Å²) in [5.74, 6) is 0.306. The number of aryl methyl sites for hydroxylation is 1. The third kappa shape index (κ3) is 5.56. The molecule has 0 aromatic heterocycles. The zero-order valence-corrected chi connectivity index (χ0v) is 22.8. The second-order valence-electron chi connectivity index (χ2n) is 12.1. The lowest BCUT2D eigenvalue weighted by atomic mass is 9.69. The molecule has 39 heavy (non-hydrogen) atoms. The molecule has 0 amide bonds. The van der Waals surface area contributed by atoms with Gasteiger partial charge < -0.3 is 15.1 Å². The van der Waals surface area contributed by atoms with Gasteiger partial charge in [-0.15, -0.1) is 0 Å². The van der Waals surface area contributed by atoms with Crippen LogP contribution in [0.1, 0.15) is 72.6 Å². The molecule has 3 aromatic carbocycles. The van der Waals surface area contributed by atoms with Crippen LogP contribution in [-0.4, -0.2) is 53.8 Å². The van der Waals surface area contributed by atoms with Gasteiger partial charge in [-0.1, -0.05) is 48.5 Å². The van der Waals surface area contributed by atoms with Gasteiger partial charge in [0.15, 0.2) is 0 Å². The summed E-state index contributed by atoms with van der Waals surface area (Å²) in [4.78, 5) is 15.9. The van der Waals surface area contributed by atoms with Crippen LogP contribution in [-0.2, 0) is 11.2 Å². The van der Waals surface area contributed by atoms with Crippen molar-refractivity contribution in [2.75, 3.05) is 37.6 Å². The second-order valence-corrected chi connectivity index (χ2v) is 12.1. The summed E-state index contributed by atoms with van der Waals surface area (Å²) in [5.41, 5.74) is 6.90. The Bertz CT molecular complexity index is 1290. The first-order valence-electron chi connectivity index (χ1n) is 14.7. The Hall–Kier alpha value is -3.31. The quantitative estimate of drug-likeness (QED) is 0.404. The lowest BCUT2D eigenvalue weighted by molar-refractivity contribution is -0.138. The van der Waals surface area contributed by atoms with E-state index in [2.05, 4.69) is 70.5 Å². The van der Waals surface area contributed by atoms with Crippen molar-refractivity contribution in [2.45, 2.75) is 56.8 Å². The number of hydrogen-bond acceptors (Lipinski definition) is 4. The van der Waals surface area contributed by atoms with E-state index in [0.717, 1.165) is 51.9 Å². The monoisotopic (exact) mass is 524 g/mol. The van der Waals surface area contributed by atoms with Gasteiger partial charge >= 0.3 is 5.97 Å². The van der Waals surface area contributed by atoms with Crippen LogP contribution in [0.2, 0.25) is 0 Å². The number of phenolic OH excluding ortho intramolecular Hbond substituents is 1. The van der Waals surface area contributed by atoms with Gasteiger partial charge in [0.05, 0.1) is 6.54 Å². The van der Waals surface area contributed by atoms with Gasteiger partial charge in [-0.2, -0.15) is 0 Å². The van der Waals surface area contributed by atoms with Crippen molar-refractivity contribution in [1.29, 1.82) is 0 Å². The minimum absolute atomic E-state index is 0.162. The van der Waals surface area contributed by atoms with Crippen LogP contribution < -0.4 is 4.90 Å². The van der Waals surface area contributed by atoms with Gasteiger partial charge in [0.25, 0.3) is 0 Å². The molecule has 2 saturated heterocycles. The Morgan fingerprint density at radius 3 is 2.41 bits per heavy atom. The predicted octanol–water partition coefficient (Wildman–Crippen LogP) is 6.41. The number of carboxylic acid groups (broad SMARTS) is 1. The SMILES string of the molecule is O=C(O)CN1CCCC2(CCCN(c3ccc([C@@H]4c5ccc(O)cc5CC[C@@H]4c4ccccc4)cc3)C2)CC1. The van der Waals surface area contributed by atoms with Gasteiger partial charge in [-0.05, 0) is 116 Å². The van der Waals surface area contributed by atoms with Crippen molar-refractivity contribution in [2.24, 2.45) is 5.41 Å². The molecule has 2 N–H and O–H groups in total. The van der Waals surface area contributed by atoms with Crippen molar-refractivity contribution in [3.05, 3.63) is 95.1 Å². The molecule has 2 fully saturated rings. The topological polar surface area (TPSA) is 64.0 Å². The minimum Gasteiger partial charge on any atom is -0.508 e. The number of benzene rings is 3. The van der Waals surface area contributed by atoms with Crippen molar-refractivity contribution in [3.63, 3.8) is 0 Å². The standard InChI is InChI=1S/C34H40N2O3/c37-29-13-15-31-27(22-29)10-14-30(25-6-2-1-3-7-25)33(31)26-8-11-28(12-9-26)36-20-5-17-34(24-36)16-4-19-35(21-18-34)23-32(38)39/h1-3,6-9,11-13,15,22,30,33,37H,4-5,10,14,16-21,23-24H2,(H,38,39)/t30-,33+,34?/m1/s1. The molecule has 2 heterocycles. The molecule has 6 rings (SSSR count). The lowest BCUT2D eigenvalue weighted by Crippen LogP contribution is -2.44. The molecular formula is C34H40N2O3. The van der Waals surface area contributed by atoms with Crippen LogP contribution >= 0.6 is 0 Å². The van der Waals surface area contributed by atoms with Crippen molar-refractivity contribution >= 4 is 11.7 Å². The summed E-state index contributed by atoms with van der Waals surface area (Å²) in [6.45, 7) is 4.08. The first-order chi connectivity index (χ1) is 19.0. The molecular weight excluding hydrogens is 484 g/mol. The van der Waals surface area contributed by atoms with E-state index in [-0.39, 0.29) is 17.9 Å².